The van der Waals surface area contributed by atoms with Gasteiger partial charge in [-0.05, 0) is 12.1 Å². The highest BCUT2D eigenvalue weighted by molar-refractivity contribution is 5.20. The highest BCUT2D eigenvalue weighted by Gasteiger charge is 1.86. The molecule has 2 N–H and O–H groups in total. The van der Waals surface area contributed by atoms with Crippen molar-refractivity contribution in [1.82, 2.24) is 0 Å². The summed E-state index contributed by atoms with van der Waals surface area (Å²) in [6, 6.07) is 5.19. The molecule has 2 heteroatoms. The van der Waals surface area contributed by atoms with Crippen LogP contribution in [0.2, 0.25) is 0 Å². The highest BCUT2D eigenvalue weighted by atomic mass is 16.5. The summed E-state index contributed by atoms with van der Waals surface area (Å²) in [5, 5.41) is 0. The molecule has 0 heterocycles. The van der Waals surface area contributed by atoms with E-state index in [0.29, 0.717) is 24.9 Å². The number of rotatable bonds is 3. The molecule has 0 aliphatic heterocycles. The molecular formula is C8H11NO. The zero-order valence-electron chi connectivity index (χ0n) is 7.63. The molecule has 0 spiro atoms. The molecule has 0 aliphatic carbocycles. The summed E-state index contributed by atoms with van der Waals surface area (Å²) >= 11 is 0. The Bertz CT molecular complexity index is 265. The van der Waals surface area contributed by atoms with E-state index in [2.05, 4.69) is 0 Å². The molecule has 54 valence electrons. The molecule has 0 atom stereocenters. The summed E-state index contributed by atoms with van der Waals surface area (Å²) in [7, 11) is 0. The first-order chi connectivity index (χ1) is 5.74. The Morgan fingerprint density at radius 3 is 3.20 bits per heavy atom. The van der Waals surface area contributed by atoms with Crippen molar-refractivity contribution in [2.45, 2.75) is 0 Å². The van der Waals surface area contributed by atoms with Gasteiger partial charge in [-0.15, -0.1) is 0 Å². The molecule has 0 aromatic heterocycles. The van der Waals surface area contributed by atoms with Gasteiger partial charge < -0.3 is 10.5 Å². The van der Waals surface area contributed by atoms with Crippen LogP contribution >= 0.6 is 0 Å². The summed E-state index contributed by atoms with van der Waals surface area (Å²) in [5.74, 6) is 0.483. The molecule has 10 heavy (non-hydrogen) atoms. The third kappa shape index (κ3) is 2.07. The zero-order valence-corrected chi connectivity index (χ0v) is 5.63. The second kappa shape index (κ2) is 3.90. The van der Waals surface area contributed by atoms with Crippen LogP contribution in [0.15, 0.2) is 30.3 Å². The maximum Gasteiger partial charge on any atom is 0.119 e. The summed E-state index contributed by atoms with van der Waals surface area (Å²) in [5.41, 5.74) is 5.23. The lowest BCUT2D eigenvalue weighted by Gasteiger charge is -2.01. The van der Waals surface area contributed by atoms with Gasteiger partial charge in [0.2, 0.25) is 0 Å². The second-order valence-corrected chi connectivity index (χ2v) is 1.79. The lowest BCUT2D eigenvalue weighted by Crippen LogP contribution is -2.10. The Balaban J connectivity index is 2.72. The Morgan fingerprint density at radius 2 is 2.50 bits per heavy atom. The van der Waals surface area contributed by atoms with Gasteiger partial charge in [-0.3, -0.25) is 0 Å². The van der Waals surface area contributed by atoms with Gasteiger partial charge in [-0.1, -0.05) is 18.2 Å². The van der Waals surface area contributed by atoms with Gasteiger partial charge >= 0.3 is 0 Å². The van der Waals surface area contributed by atoms with Gasteiger partial charge in [0.1, 0.15) is 12.4 Å². The Labute approximate surface area is 63.4 Å². The molecule has 1 aromatic rings. The van der Waals surface area contributed by atoms with Crippen molar-refractivity contribution < 1.29 is 7.48 Å². The van der Waals surface area contributed by atoms with Crippen LogP contribution in [0.1, 0.15) is 2.74 Å². The lowest BCUT2D eigenvalue weighted by molar-refractivity contribution is 0.328. The fraction of sp³-hybridized carbons (Fsp3) is 0.250. The van der Waals surface area contributed by atoms with Crippen LogP contribution in [-0.2, 0) is 0 Å². The van der Waals surface area contributed by atoms with Crippen LogP contribution in [0.4, 0.5) is 0 Å². The molecule has 1 aromatic carbocycles. The Hall–Kier alpha value is -1.02. The molecule has 0 bridgehead atoms. The summed E-state index contributed by atoms with van der Waals surface area (Å²) in [6.07, 6.45) is 0. The van der Waals surface area contributed by atoms with Crippen LogP contribution < -0.4 is 10.5 Å². The van der Waals surface area contributed by atoms with Gasteiger partial charge in [0.15, 0.2) is 0 Å². The van der Waals surface area contributed by atoms with E-state index in [0.717, 1.165) is 0 Å². The first kappa shape index (κ1) is 4.74. The monoisotopic (exact) mass is 139 g/mol. The molecule has 1 rings (SSSR count). The van der Waals surface area contributed by atoms with Crippen molar-refractivity contribution in [3.63, 3.8) is 0 Å². The fourth-order valence-corrected chi connectivity index (χ4v) is 0.591. The van der Waals surface area contributed by atoms with Gasteiger partial charge in [0.05, 0.1) is 2.74 Å². The summed E-state index contributed by atoms with van der Waals surface area (Å²) < 4.78 is 19.8. The summed E-state index contributed by atoms with van der Waals surface area (Å²) in [4.78, 5) is 0. The van der Waals surface area contributed by atoms with Crippen LogP contribution in [-0.4, -0.2) is 13.2 Å². The lowest BCUT2D eigenvalue weighted by atomic mass is 10.3. The number of hydrogen-bond acceptors (Lipinski definition) is 2. The molecule has 2 nitrogen and oxygen atoms in total. The predicted octanol–water partition coefficient (Wildman–Crippen LogP) is 1.02. The number of ether oxygens (including phenoxy) is 1. The SMILES string of the molecule is [2H]c1ccc(OCCN)c([2H])c1. The van der Waals surface area contributed by atoms with E-state index in [1.165, 1.54) is 6.07 Å². The van der Waals surface area contributed by atoms with Gasteiger partial charge in [0.25, 0.3) is 0 Å². The Morgan fingerprint density at radius 1 is 1.60 bits per heavy atom. The van der Waals surface area contributed by atoms with Crippen LogP contribution in [0, 0.1) is 0 Å². The number of hydrogen-bond donors (Lipinski definition) is 1. The minimum absolute atomic E-state index is 0.232. The number of benzene rings is 1. The topological polar surface area (TPSA) is 35.2 Å². The summed E-state index contributed by atoms with van der Waals surface area (Å²) in [6.45, 7) is 0.839. The minimum atomic E-state index is 0.232. The van der Waals surface area contributed by atoms with E-state index in [9.17, 15) is 0 Å². The molecule has 0 fully saturated rings. The molecule has 0 radical (unpaired) electrons. The van der Waals surface area contributed by atoms with Gasteiger partial charge in [-0.2, -0.15) is 0 Å². The van der Waals surface area contributed by atoms with Crippen molar-refractivity contribution >= 4 is 0 Å². The molecular weight excluding hydrogens is 126 g/mol. The molecule has 0 amide bonds. The minimum Gasteiger partial charge on any atom is -0.492 e. The highest BCUT2D eigenvalue weighted by Crippen LogP contribution is 2.06. The van der Waals surface area contributed by atoms with E-state index in [1.807, 2.05) is 0 Å². The maximum atomic E-state index is 7.40. The van der Waals surface area contributed by atoms with Crippen molar-refractivity contribution in [2.24, 2.45) is 5.73 Å². The van der Waals surface area contributed by atoms with E-state index >= 15 is 0 Å². The predicted molar refractivity (Wildman–Crippen MR) is 41.0 cm³/mol. The van der Waals surface area contributed by atoms with Gasteiger partial charge in [-0.25, -0.2) is 0 Å². The average Bonchev–Trinajstić information content (AvgIpc) is 2.03. The normalized spacial score (nSPS) is 12.1. The van der Waals surface area contributed by atoms with E-state index in [4.69, 9.17) is 13.2 Å². The van der Waals surface area contributed by atoms with Crippen LogP contribution in [0.3, 0.4) is 0 Å². The van der Waals surface area contributed by atoms with E-state index in [1.54, 1.807) is 12.1 Å². The second-order valence-electron chi connectivity index (χ2n) is 1.79. The van der Waals surface area contributed by atoms with E-state index in [-0.39, 0.29) is 6.04 Å². The quantitative estimate of drug-likeness (QED) is 0.678. The van der Waals surface area contributed by atoms with Crippen molar-refractivity contribution in [1.29, 1.82) is 0 Å². The van der Waals surface area contributed by atoms with Crippen molar-refractivity contribution in [2.75, 3.05) is 13.2 Å². The zero-order chi connectivity index (χ0) is 8.97. The van der Waals surface area contributed by atoms with Crippen molar-refractivity contribution in [3.8, 4) is 5.75 Å². The van der Waals surface area contributed by atoms with E-state index < -0.39 is 0 Å². The Kier molecular flexibility index (Phi) is 1.85. The molecule has 0 unspecified atom stereocenters. The van der Waals surface area contributed by atoms with Crippen LogP contribution in [0.25, 0.3) is 0 Å². The third-order valence-corrected chi connectivity index (χ3v) is 1.00. The largest absolute Gasteiger partial charge is 0.492 e. The van der Waals surface area contributed by atoms with Gasteiger partial charge in [0, 0.05) is 6.54 Å². The smallest absolute Gasteiger partial charge is 0.119 e. The average molecular weight is 139 g/mol. The number of nitrogens with two attached hydrogens (primary N) is 1. The first-order valence-corrected chi connectivity index (χ1v) is 3.14. The first-order valence-electron chi connectivity index (χ1n) is 4.14. The van der Waals surface area contributed by atoms with Crippen LogP contribution in [0.5, 0.6) is 5.75 Å². The molecule has 0 aliphatic rings. The molecule has 0 saturated carbocycles. The third-order valence-electron chi connectivity index (χ3n) is 1.00. The van der Waals surface area contributed by atoms with Crippen molar-refractivity contribution in [3.05, 3.63) is 30.3 Å². The fourth-order valence-electron chi connectivity index (χ4n) is 0.591. The molecule has 0 saturated heterocycles. The number of para-hydroxylation sites is 1. The maximum absolute atomic E-state index is 7.40. The standard InChI is InChI=1S/C8H11NO/c9-6-7-10-8-4-2-1-3-5-8/h1-5H,6-7,9H2/i1D,4D.